The van der Waals surface area contributed by atoms with Gasteiger partial charge in [-0.2, -0.15) is 0 Å². The first-order valence-electron chi connectivity index (χ1n) is 7.95. The molecule has 1 saturated heterocycles. The predicted molar refractivity (Wildman–Crippen MR) is 84.4 cm³/mol. The molecular weight excluding hydrogens is 299 g/mol. The molecule has 1 aliphatic heterocycles. The van der Waals surface area contributed by atoms with Crippen molar-refractivity contribution in [2.75, 3.05) is 19.6 Å². The summed E-state index contributed by atoms with van der Waals surface area (Å²) < 4.78 is 13.0. The maximum atomic E-state index is 13.0. The minimum atomic E-state index is -0.870. The molecule has 1 N–H and O–H groups in total. The lowest BCUT2D eigenvalue weighted by molar-refractivity contribution is -0.143. The number of hydrogen-bond donors (Lipinski definition) is 1. The van der Waals surface area contributed by atoms with Crippen LogP contribution >= 0.6 is 0 Å². The molecule has 2 atom stereocenters. The molecule has 1 fully saturated rings. The molecule has 0 saturated carbocycles. The molecular formula is C17H23FN2O3. The van der Waals surface area contributed by atoms with Gasteiger partial charge in [0.25, 0.3) is 0 Å². The topological polar surface area (TPSA) is 60.9 Å². The van der Waals surface area contributed by atoms with Crippen LogP contribution < -0.4 is 0 Å². The summed E-state index contributed by atoms with van der Waals surface area (Å²) >= 11 is 0. The van der Waals surface area contributed by atoms with E-state index in [4.69, 9.17) is 0 Å². The predicted octanol–water partition coefficient (Wildman–Crippen LogP) is 2.28. The van der Waals surface area contributed by atoms with Gasteiger partial charge in [-0.05, 0) is 50.9 Å². The Morgan fingerprint density at radius 3 is 2.61 bits per heavy atom. The summed E-state index contributed by atoms with van der Waals surface area (Å²) in [5, 5.41) is 9.20. The molecule has 1 aliphatic rings. The monoisotopic (exact) mass is 322 g/mol. The standard InChI is InChI=1S/C17H23FN2O3/c1-3-20(12(2)13-6-8-14(18)9-7-13)16(21)11-19-10-4-5-15(19)17(22)23/h6-9,12,15H,3-5,10-11H2,1-2H3,(H,22,23)/t12?,15-/m1/s1. The first kappa shape index (κ1) is 17.4. The summed E-state index contributed by atoms with van der Waals surface area (Å²) in [6.07, 6.45) is 1.38. The number of carboxylic acids is 1. The van der Waals surface area contributed by atoms with Crippen molar-refractivity contribution in [1.82, 2.24) is 9.80 Å². The first-order valence-corrected chi connectivity index (χ1v) is 7.95. The second kappa shape index (κ2) is 7.55. The molecule has 23 heavy (non-hydrogen) atoms. The lowest BCUT2D eigenvalue weighted by Crippen LogP contribution is -2.45. The van der Waals surface area contributed by atoms with Crippen LogP contribution in [-0.2, 0) is 9.59 Å². The smallest absolute Gasteiger partial charge is 0.320 e. The minimum Gasteiger partial charge on any atom is -0.480 e. The normalized spacial score (nSPS) is 19.5. The van der Waals surface area contributed by atoms with Crippen molar-refractivity contribution >= 4 is 11.9 Å². The lowest BCUT2D eigenvalue weighted by Gasteiger charge is -2.31. The van der Waals surface area contributed by atoms with E-state index in [0.717, 1.165) is 12.0 Å². The van der Waals surface area contributed by atoms with E-state index in [1.165, 1.54) is 12.1 Å². The molecule has 6 heteroatoms. The first-order chi connectivity index (χ1) is 10.9. The summed E-state index contributed by atoms with van der Waals surface area (Å²) in [6.45, 7) is 5.04. The average molecular weight is 322 g/mol. The number of nitrogens with zero attached hydrogens (tertiary/aromatic N) is 2. The largest absolute Gasteiger partial charge is 0.480 e. The van der Waals surface area contributed by atoms with Crippen LogP contribution in [0, 0.1) is 5.82 Å². The third-order valence-electron chi connectivity index (χ3n) is 4.47. The van der Waals surface area contributed by atoms with Crippen LogP contribution in [0.2, 0.25) is 0 Å². The second-order valence-electron chi connectivity index (χ2n) is 5.87. The molecule has 1 amide bonds. The quantitative estimate of drug-likeness (QED) is 0.873. The van der Waals surface area contributed by atoms with Crippen molar-refractivity contribution < 1.29 is 19.1 Å². The van der Waals surface area contributed by atoms with Crippen molar-refractivity contribution in [1.29, 1.82) is 0 Å². The number of rotatable bonds is 6. The summed E-state index contributed by atoms with van der Waals surface area (Å²) in [6, 6.07) is 5.35. The number of carboxylic acid groups (broad SMARTS) is 1. The Morgan fingerprint density at radius 1 is 1.39 bits per heavy atom. The zero-order chi connectivity index (χ0) is 17.0. The highest BCUT2D eigenvalue weighted by Gasteiger charge is 2.33. The van der Waals surface area contributed by atoms with Crippen molar-refractivity contribution in [3.8, 4) is 0 Å². The van der Waals surface area contributed by atoms with Crippen molar-refractivity contribution in [3.05, 3.63) is 35.6 Å². The number of hydrogen-bond acceptors (Lipinski definition) is 3. The second-order valence-corrected chi connectivity index (χ2v) is 5.87. The van der Waals surface area contributed by atoms with Crippen molar-refractivity contribution in [3.63, 3.8) is 0 Å². The highest BCUT2D eigenvalue weighted by atomic mass is 19.1. The maximum absolute atomic E-state index is 13.0. The molecule has 0 aromatic heterocycles. The molecule has 0 bridgehead atoms. The summed E-state index contributed by atoms with van der Waals surface area (Å²) in [4.78, 5) is 27.2. The van der Waals surface area contributed by atoms with Gasteiger partial charge in [-0.3, -0.25) is 14.5 Å². The fourth-order valence-electron chi connectivity index (χ4n) is 3.15. The van der Waals surface area contributed by atoms with E-state index >= 15 is 0 Å². The molecule has 126 valence electrons. The van der Waals surface area contributed by atoms with Crippen LogP contribution in [0.5, 0.6) is 0 Å². The fourth-order valence-corrected chi connectivity index (χ4v) is 3.15. The van der Waals surface area contributed by atoms with Crippen LogP contribution in [0.3, 0.4) is 0 Å². The molecule has 1 heterocycles. The van der Waals surface area contributed by atoms with Crippen LogP contribution in [0.15, 0.2) is 24.3 Å². The third-order valence-corrected chi connectivity index (χ3v) is 4.47. The van der Waals surface area contributed by atoms with Gasteiger partial charge in [-0.1, -0.05) is 12.1 Å². The molecule has 2 rings (SSSR count). The van der Waals surface area contributed by atoms with Gasteiger partial charge in [0.15, 0.2) is 0 Å². The zero-order valence-electron chi connectivity index (χ0n) is 13.5. The van der Waals surface area contributed by atoms with Gasteiger partial charge in [0, 0.05) is 6.54 Å². The summed E-state index contributed by atoms with van der Waals surface area (Å²) in [7, 11) is 0. The Morgan fingerprint density at radius 2 is 2.04 bits per heavy atom. The van der Waals surface area contributed by atoms with Gasteiger partial charge in [0.05, 0.1) is 12.6 Å². The van der Waals surface area contributed by atoms with Gasteiger partial charge in [-0.25, -0.2) is 4.39 Å². The molecule has 1 aromatic carbocycles. The SMILES string of the molecule is CCN(C(=O)CN1CCC[C@@H]1C(=O)O)C(C)c1ccc(F)cc1. The van der Waals surface area contributed by atoms with Crippen LogP contribution in [0.25, 0.3) is 0 Å². The van der Waals surface area contributed by atoms with E-state index in [-0.39, 0.29) is 24.3 Å². The fraction of sp³-hybridized carbons (Fsp3) is 0.529. The number of aliphatic carboxylic acids is 1. The molecule has 1 unspecified atom stereocenters. The van der Waals surface area contributed by atoms with E-state index < -0.39 is 12.0 Å². The van der Waals surface area contributed by atoms with Gasteiger partial charge in [0.2, 0.25) is 5.91 Å². The highest BCUT2D eigenvalue weighted by molar-refractivity contribution is 5.80. The summed E-state index contributed by atoms with van der Waals surface area (Å²) in [5.41, 5.74) is 0.859. The average Bonchev–Trinajstić information content (AvgIpc) is 2.96. The van der Waals surface area contributed by atoms with E-state index in [9.17, 15) is 19.1 Å². The van der Waals surface area contributed by atoms with Crippen LogP contribution in [-0.4, -0.2) is 52.5 Å². The van der Waals surface area contributed by atoms with Gasteiger partial charge >= 0.3 is 5.97 Å². The van der Waals surface area contributed by atoms with Gasteiger partial charge < -0.3 is 10.0 Å². The van der Waals surface area contributed by atoms with E-state index in [2.05, 4.69) is 0 Å². The molecule has 0 spiro atoms. The minimum absolute atomic E-state index is 0.0996. The Bertz CT molecular complexity index is 561. The van der Waals surface area contributed by atoms with Gasteiger partial charge in [-0.15, -0.1) is 0 Å². The van der Waals surface area contributed by atoms with Gasteiger partial charge in [0.1, 0.15) is 11.9 Å². The molecule has 5 nitrogen and oxygen atoms in total. The van der Waals surface area contributed by atoms with E-state index in [1.807, 2.05) is 13.8 Å². The number of likely N-dealkylation sites (tertiary alicyclic amines) is 1. The summed E-state index contributed by atoms with van der Waals surface area (Å²) in [5.74, 6) is -1.28. The van der Waals surface area contributed by atoms with E-state index in [1.54, 1.807) is 21.9 Å². The molecule has 1 aromatic rings. The van der Waals surface area contributed by atoms with Crippen molar-refractivity contribution in [2.24, 2.45) is 0 Å². The zero-order valence-corrected chi connectivity index (χ0v) is 13.5. The number of halogens is 1. The lowest BCUT2D eigenvalue weighted by atomic mass is 10.1. The Kier molecular flexibility index (Phi) is 5.71. The molecule has 0 radical (unpaired) electrons. The van der Waals surface area contributed by atoms with Crippen LogP contribution in [0.4, 0.5) is 4.39 Å². The Hall–Kier alpha value is -1.95. The Balaban J connectivity index is 2.06. The van der Waals surface area contributed by atoms with Crippen molar-refractivity contribution in [2.45, 2.75) is 38.8 Å². The van der Waals surface area contributed by atoms with Crippen LogP contribution in [0.1, 0.15) is 38.3 Å². The number of amides is 1. The molecule has 0 aliphatic carbocycles. The number of carbonyl (C=O) groups is 2. The van der Waals surface area contributed by atoms with E-state index in [0.29, 0.717) is 19.5 Å². The highest BCUT2D eigenvalue weighted by Crippen LogP contribution is 2.22. The Labute approximate surface area is 135 Å². The third kappa shape index (κ3) is 4.07. The maximum Gasteiger partial charge on any atom is 0.320 e. The number of carbonyl (C=O) groups excluding carboxylic acids is 1. The number of benzene rings is 1. The number of likely N-dealkylation sites (N-methyl/N-ethyl adjacent to an activating group) is 1.